The maximum Gasteiger partial charge on any atom is 0.194 e. The number of halogens is 1. The Kier molecular flexibility index (Phi) is 9.73. The summed E-state index contributed by atoms with van der Waals surface area (Å²) in [6, 6.07) is 9.89. The fourth-order valence-electron chi connectivity index (χ4n) is 2.45. The molecule has 130 valence electrons. The molecule has 1 aromatic rings. The topological polar surface area (TPSA) is 64.9 Å². The Labute approximate surface area is 158 Å². The van der Waals surface area contributed by atoms with Gasteiger partial charge in [-0.15, -0.1) is 24.0 Å². The summed E-state index contributed by atoms with van der Waals surface area (Å²) < 4.78 is 12.1. The lowest BCUT2D eigenvalue weighted by Gasteiger charge is -2.20. The third-order valence-electron chi connectivity index (χ3n) is 3.55. The zero-order valence-corrected chi connectivity index (χ0v) is 16.6. The first-order valence-electron chi connectivity index (χ1n) is 7.79. The second-order valence-electron chi connectivity index (χ2n) is 5.40. The van der Waals surface area contributed by atoms with E-state index in [1.165, 1.54) is 0 Å². The van der Waals surface area contributed by atoms with E-state index < -0.39 is 10.8 Å². The van der Waals surface area contributed by atoms with E-state index in [1.54, 1.807) is 0 Å². The van der Waals surface area contributed by atoms with Gasteiger partial charge in [-0.25, -0.2) is 0 Å². The quantitative estimate of drug-likeness (QED) is 0.392. The first-order valence-corrected chi connectivity index (χ1v) is 9.28. The third-order valence-corrected chi connectivity index (χ3v) is 4.84. The Morgan fingerprint density at radius 3 is 2.78 bits per heavy atom. The zero-order valence-electron chi connectivity index (χ0n) is 13.5. The molecule has 1 aliphatic rings. The molecular weight excluding hydrogens is 425 g/mol. The van der Waals surface area contributed by atoms with Gasteiger partial charge in [-0.1, -0.05) is 30.3 Å². The Hall–Kier alpha value is -0.670. The van der Waals surface area contributed by atoms with E-state index in [0.29, 0.717) is 24.6 Å². The van der Waals surface area contributed by atoms with E-state index in [2.05, 4.69) is 15.2 Å². The Bertz CT molecular complexity index is 513. The predicted molar refractivity (Wildman–Crippen MR) is 107 cm³/mol. The number of nitrogens with zero attached hydrogens (tertiary/aromatic N) is 2. The highest BCUT2D eigenvalue weighted by Gasteiger charge is 2.22. The van der Waals surface area contributed by atoms with Crippen molar-refractivity contribution in [2.24, 2.45) is 4.99 Å². The van der Waals surface area contributed by atoms with Crippen LogP contribution in [0.5, 0.6) is 0 Å². The van der Waals surface area contributed by atoms with E-state index >= 15 is 0 Å². The number of hydrogen-bond acceptors (Lipinski definition) is 3. The smallest absolute Gasteiger partial charge is 0.194 e. The molecular formula is C16H26IN3O2S. The molecule has 1 saturated heterocycles. The van der Waals surface area contributed by atoms with Gasteiger partial charge in [0.1, 0.15) is 0 Å². The van der Waals surface area contributed by atoms with Crippen LogP contribution >= 0.6 is 24.0 Å². The van der Waals surface area contributed by atoms with Crippen LogP contribution in [-0.4, -0.2) is 58.2 Å². The molecule has 0 bridgehead atoms. The van der Waals surface area contributed by atoms with Gasteiger partial charge in [0.05, 0.1) is 12.6 Å². The highest BCUT2D eigenvalue weighted by molar-refractivity contribution is 14.0. The Morgan fingerprint density at radius 1 is 1.43 bits per heavy atom. The van der Waals surface area contributed by atoms with Crippen molar-refractivity contribution in [1.82, 2.24) is 10.2 Å². The van der Waals surface area contributed by atoms with Gasteiger partial charge < -0.3 is 15.3 Å². The molecule has 2 N–H and O–H groups in total. The summed E-state index contributed by atoms with van der Waals surface area (Å²) >= 11 is 0. The standard InChI is InChI=1S/C16H25N3O2S.HI/c1-2-17-16(19-10-8-15(20)12-19)18-9-11-22(21)13-14-6-4-3-5-7-14;/h3-7,15,20H,2,8-13H2,1H3,(H,17,18);1H/t15-,22?;/m1./s1. The summed E-state index contributed by atoms with van der Waals surface area (Å²) in [5.41, 5.74) is 1.10. The lowest BCUT2D eigenvalue weighted by molar-refractivity contribution is 0.188. The fraction of sp³-hybridized carbons (Fsp3) is 0.562. The lowest BCUT2D eigenvalue weighted by Crippen LogP contribution is -2.40. The van der Waals surface area contributed by atoms with Gasteiger partial charge in [0.15, 0.2) is 5.96 Å². The highest BCUT2D eigenvalue weighted by atomic mass is 127. The van der Waals surface area contributed by atoms with Gasteiger partial charge in [0, 0.05) is 41.9 Å². The molecule has 1 heterocycles. The minimum absolute atomic E-state index is 0. The van der Waals surface area contributed by atoms with Crippen LogP contribution < -0.4 is 5.32 Å². The fourth-order valence-corrected chi connectivity index (χ4v) is 3.45. The average Bonchev–Trinajstić information content (AvgIpc) is 2.94. The molecule has 1 aliphatic heterocycles. The van der Waals surface area contributed by atoms with Gasteiger partial charge in [-0.2, -0.15) is 0 Å². The minimum atomic E-state index is -0.903. The molecule has 7 heteroatoms. The molecule has 0 saturated carbocycles. The largest absolute Gasteiger partial charge is 0.391 e. The second kappa shape index (κ2) is 11.0. The van der Waals surface area contributed by atoms with E-state index in [4.69, 9.17) is 0 Å². The van der Waals surface area contributed by atoms with Crippen LogP contribution in [0.3, 0.4) is 0 Å². The van der Waals surface area contributed by atoms with Crippen molar-refractivity contribution in [3.8, 4) is 0 Å². The maximum absolute atomic E-state index is 12.1. The molecule has 1 fully saturated rings. The molecule has 1 aromatic carbocycles. The molecule has 5 nitrogen and oxygen atoms in total. The van der Waals surface area contributed by atoms with Crippen molar-refractivity contribution in [3.05, 3.63) is 35.9 Å². The molecule has 0 amide bonds. The van der Waals surface area contributed by atoms with Crippen LogP contribution in [0.2, 0.25) is 0 Å². The number of likely N-dealkylation sites (tertiary alicyclic amines) is 1. The van der Waals surface area contributed by atoms with Crippen molar-refractivity contribution in [2.45, 2.75) is 25.2 Å². The SMILES string of the molecule is CCNC(=NCCS(=O)Cc1ccccc1)N1CC[C@@H](O)C1.I. The van der Waals surface area contributed by atoms with Crippen LogP contribution in [0.25, 0.3) is 0 Å². The summed E-state index contributed by atoms with van der Waals surface area (Å²) in [5, 5.41) is 12.9. The molecule has 23 heavy (non-hydrogen) atoms. The normalized spacial score (nSPS) is 19.3. The highest BCUT2D eigenvalue weighted by Crippen LogP contribution is 2.09. The number of guanidine groups is 1. The van der Waals surface area contributed by atoms with E-state index in [-0.39, 0.29) is 30.1 Å². The molecule has 0 aromatic heterocycles. The molecule has 0 aliphatic carbocycles. The molecule has 0 spiro atoms. The first-order chi connectivity index (χ1) is 10.7. The van der Waals surface area contributed by atoms with Crippen LogP contribution in [0.4, 0.5) is 0 Å². The van der Waals surface area contributed by atoms with Gasteiger partial charge >= 0.3 is 0 Å². The number of nitrogens with one attached hydrogen (secondary N) is 1. The molecule has 1 unspecified atom stereocenters. The number of benzene rings is 1. The number of aliphatic hydroxyl groups excluding tert-OH is 1. The van der Waals surface area contributed by atoms with Crippen LogP contribution in [0, 0.1) is 0 Å². The monoisotopic (exact) mass is 451 g/mol. The van der Waals surface area contributed by atoms with Gasteiger partial charge in [0.25, 0.3) is 0 Å². The number of aliphatic imine (C=N–C) groups is 1. The van der Waals surface area contributed by atoms with Crippen LogP contribution in [-0.2, 0) is 16.6 Å². The van der Waals surface area contributed by atoms with Crippen molar-refractivity contribution < 1.29 is 9.32 Å². The van der Waals surface area contributed by atoms with Crippen molar-refractivity contribution >= 4 is 40.7 Å². The second-order valence-corrected chi connectivity index (χ2v) is 6.97. The van der Waals surface area contributed by atoms with Gasteiger partial charge in [0.2, 0.25) is 0 Å². The van der Waals surface area contributed by atoms with Crippen molar-refractivity contribution in [3.63, 3.8) is 0 Å². The number of aliphatic hydroxyl groups is 1. The molecule has 0 radical (unpaired) electrons. The maximum atomic E-state index is 12.1. The summed E-state index contributed by atoms with van der Waals surface area (Å²) in [6.45, 7) is 4.79. The van der Waals surface area contributed by atoms with Gasteiger partial charge in [-0.3, -0.25) is 9.20 Å². The van der Waals surface area contributed by atoms with Crippen LogP contribution in [0.1, 0.15) is 18.9 Å². The van der Waals surface area contributed by atoms with Crippen molar-refractivity contribution in [1.29, 1.82) is 0 Å². The lowest BCUT2D eigenvalue weighted by atomic mass is 10.2. The first kappa shape index (κ1) is 20.4. The number of hydrogen-bond donors (Lipinski definition) is 2. The number of rotatable bonds is 6. The summed E-state index contributed by atoms with van der Waals surface area (Å²) in [4.78, 5) is 6.60. The molecule has 2 atom stereocenters. The average molecular weight is 451 g/mol. The van der Waals surface area contributed by atoms with E-state index in [0.717, 1.165) is 31.0 Å². The number of β-amino-alcohol motifs (C(OH)–C–C–N with tert-alkyl or cyclic N) is 1. The Balaban J connectivity index is 0.00000264. The minimum Gasteiger partial charge on any atom is -0.391 e. The third kappa shape index (κ3) is 7.17. The predicted octanol–water partition coefficient (Wildman–Crippen LogP) is 1.59. The summed E-state index contributed by atoms with van der Waals surface area (Å²) in [5.74, 6) is 1.95. The zero-order chi connectivity index (χ0) is 15.8. The van der Waals surface area contributed by atoms with Crippen LogP contribution in [0.15, 0.2) is 35.3 Å². The van der Waals surface area contributed by atoms with E-state index in [9.17, 15) is 9.32 Å². The summed E-state index contributed by atoms with van der Waals surface area (Å²) in [6.07, 6.45) is 0.515. The summed E-state index contributed by atoms with van der Waals surface area (Å²) in [7, 11) is -0.903. The molecule has 2 rings (SSSR count). The van der Waals surface area contributed by atoms with Crippen molar-refractivity contribution in [2.75, 3.05) is 31.9 Å². The van der Waals surface area contributed by atoms with E-state index in [1.807, 2.05) is 37.3 Å². The Morgan fingerprint density at radius 2 is 2.17 bits per heavy atom. The van der Waals surface area contributed by atoms with Gasteiger partial charge in [-0.05, 0) is 18.9 Å².